The zero-order valence-electron chi connectivity index (χ0n) is 8.01. The van der Waals surface area contributed by atoms with Crippen LogP contribution < -0.4 is 10.6 Å². The van der Waals surface area contributed by atoms with E-state index in [1.54, 1.807) is 0 Å². The third-order valence-electron chi connectivity index (χ3n) is 3.10. The maximum Gasteiger partial charge on any atom is 0.220 e. The SMILES string of the molecule is O=C1CCC[C@@H]([C@H]2CCCCN2)N1. The van der Waals surface area contributed by atoms with Gasteiger partial charge in [-0.05, 0) is 32.2 Å². The molecule has 2 N–H and O–H groups in total. The number of hydrogen-bond donors (Lipinski definition) is 2. The topological polar surface area (TPSA) is 41.1 Å². The zero-order chi connectivity index (χ0) is 9.10. The van der Waals surface area contributed by atoms with Crippen LogP contribution in [0.4, 0.5) is 0 Å². The first-order valence-corrected chi connectivity index (χ1v) is 5.39. The molecule has 3 heteroatoms. The van der Waals surface area contributed by atoms with Crippen LogP contribution in [0.25, 0.3) is 0 Å². The predicted octanol–water partition coefficient (Wildman–Crippen LogP) is 0.797. The van der Waals surface area contributed by atoms with E-state index in [0.717, 1.165) is 25.8 Å². The van der Waals surface area contributed by atoms with Crippen molar-refractivity contribution in [3.8, 4) is 0 Å². The second-order valence-corrected chi connectivity index (χ2v) is 4.12. The van der Waals surface area contributed by atoms with Crippen molar-refractivity contribution in [1.82, 2.24) is 10.6 Å². The minimum Gasteiger partial charge on any atom is -0.352 e. The Morgan fingerprint density at radius 3 is 2.62 bits per heavy atom. The normalized spacial score (nSPS) is 35.5. The summed E-state index contributed by atoms with van der Waals surface area (Å²) in [6.45, 7) is 1.12. The van der Waals surface area contributed by atoms with E-state index in [0.29, 0.717) is 12.1 Å². The lowest BCUT2D eigenvalue weighted by molar-refractivity contribution is -0.123. The molecule has 2 heterocycles. The highest BCUT2D eigenvalue weighted by molar-refractivity contribution is 5.77. The first kappa shape index (κ1) is 9.00. The first-order valence-electron chi connectivity index (χ1n) is 5.39. The van der Waals surface area contributed by atoms with Crippen molar-refractivity contribution in [3.63, 3.8) is 0 Å². The molecule has 0 bridgehead atoms. The van der Waals surface area contributed by atoms with Crippen molar-refractivity contribution in [3.05, 3.63) is 0 Å². The summed E-state index contributed by atoms with van der Waals surface area (Å²) in [4.78, 5) is 11.2. The van der Waals surface area contributed by atoms with Crippen LogP contribution in [0.5, 0.6) is 0 Å². The number of amides is 1. The van der Waals surface area contributed by atoms with Crippen molar-refractivity contribution >= 4 is 5.91 Å². The lowest BCUT2D eigenvalue weighted by Crippen LogP contribution is -2.53. The third-order valence-corrected chi connectivity index (χ3v) is 3.10. The monoisotopic (exact) mass is 182 g/mol. The molecule has 2 atom stereocenters. The highest BCUT2D eigenvalue weighted by Crippen LogP contribution is 2.17. The van der Waals surface area contributed by atoms with Crippen LogP contribution >= 0.6 is 0 Å². The number of carbonyl (C=O) groups excluding carboxylic acids is 1. The number of nitrogens with one attached hydrogen (secondary N) is 2. The van der Waals surface area contributed by atoms with Crippen LogP contribution in [0.1, 0.15) is 38.5 Å². The molecule has 2 aliphatic heterocycles. The van der Waals surface area contributed by atoms with Crippen LogP contribution in [0.2, 0.25) is 0 Å². The van der Waals surface area contributed by atoms with E-state index in [1.165, 1.54) is 19.3 Å². The molecule has 0 saturated carbocycles. The standard InChI is InChI=1S/C10H18N2O/c13-10-6-3-5-9(12-10)8-4-1-2-7-11-8/h8-9,11H,1-7H2,(H,12,13)/t8-,9+/m1/s1. The second-order valence-electron chi connectivity index (χ2n) is 4.12. The fraction of sp³-hybridized carbons (Fsp3) is 0.900. The summed E-state index contributed by atoms with van der Waals surface area (Å²) in [6, 6.07) is 0.944. The van der Waals surface area contributed by atoms with Gasteiger partial charge in [0, 0.05) is 18.5 Å². The van der Waals surface area contributed by atoms with Gasteiger partial charge >= 0.3 is 0 Å². The Kier molecular flexibility index (Phi) is 2.83. The first-order chi connectivity index (χ1) is 6.36. The molecule has 1 amide bonds. The van der Waals surface area contributed by atoms with Gasteiger partial charge in [-0.3, -0.25) is 4.79 Å². The molecule has 0 spiro atoms. The van der Waals surface area contributed by atoms with Crippen LogP contribution in [0.3, 0.4) is 0 Å². The van der Waals surface area contributed by atoms with Gasteiger partial charge in [-0.1, -0.05) is 6.42 Å². The Balaban J connectivity index is 1.87. The molecule has 2 saturated heterocycles. The highest BCUT2D eigenvalue weighted by Gasteiger charge is 2.26. The van der Waals surface area contributed by atoms with Gasteiger partial charge in [-0.25, -0.2) is 0 Å². The summed E-state index contributed by atoms with van der Waals surface area (Å²) in [6.07, 6.45) is 6.77. The predicted molar refractivity (Wildman–Crippen MR) is 51.4 cm³/mol. The smallest absolute Gasteiger partial charge is 0.220 e. The lowest BCUT2D eigenvalue weighted by Gasteiger charge is -2.34. The highest BCUT2D eigenvalue weighted by atomic mass is 16.1. The van der Waals surface area contributed by atoms with Crippen molar-refractivity contribution in [2.24, 2.45) is 0 Å². The molecular formula is C10H18N2O. The van der Waals surface area contributed by atoms with E-state index in [1.807, 2.05) is 0 Å². The number of hydrogen-bond acceptors (Lipinski definition) is 2. The van der Waals surface area contributed by atoms with Crippen molar-refractivity contribution in [2.45, 2.75) is 50.6 Å². The number of carbonyl (C=O) groups is 1. The molecule has 0 unspecified atom stereocenters. The minimum atomic E-state index is 0.239. The summed E-state index contributed by atoms with van der Waals surface area (Å²) in [5, 5.41) is 6.58. The van der Waals surface area contributed by atoms with Gasteiger partial charge in [-0.2, -0.15) is 0 Å². The van der Waals surface area contributed by atoms with Crippen LogP contribution in [0.15, 0.2) is 0 Å². The molecule has 74 valence electrons. The van der Waals surface area contributed by atoms with Crippen LogP contribution in [-0.4, -0.2) is 24.5 Å². The van der Waals surface area contributed by atoms with Gasteiger partial charge < -0.3 is 10.6 Å². The van der Waals surface area contributed by atoms with E-state index < -0.39 is 0 Å². The Morgan fingerprint density at radius 1 is 1.08 bits per heavy atom. The van der Waals surface area contributed by atoms with Gasteiger partial charge in [0.2, 0.25) is 5.91 Å². The fourth-order valence-electron chi connectivity index (χ4n) is 2.36. The Labute approximate surface area is 79.3 Å². The third kappa shape index (κ3) is 2.21. The summed E-state index contributed by atoms with van der Waals surface area (Å²) in [5.74, 6) is 0.239. The van der Waals surface area contributed by atoms with Gasteiger partial charge in [0.05, 0.1) is 0 Å². The van der Waals surface area contributed by atoms with Crippen LogP contribution in [-0.2, 0) is 4.79 Å². The largest absolute Gasteiger partial charge is 0.352 e. The molecule has 0 aromatic carbocycles. The molecule has 2 rings (SSSR count). The maximum atomic E-state index is 11.2. The summed E-state index contributed by atoms with van der Waals surface area (Å²) < 4.78 is 0. The molecule has 0 radical (unpaired) electrons. The van der Waals surface area contributed by atoms with Gasteiger partial charge in [-0.15, -0.1) is 0 Å². The Morgan fingerprint density at radius 2 is 1.92 bits per heavy atom. The Bertz CT molecular complexity index is 187. The molecule has 0 aromatic rings. The molecule has 0 aliphatic carbocycles. The van der Waals surface area contributed by atoms with E-state index in [4.69, 9.17) is 0 Å². The zero-order valence-corrected chi connectivity index (χ0v) is 8.01. The summed E-state index contributed by atoms with van der Waals surface area (Å²) in [7, 11) is 0. The summed E-state index contributed by atoms with van der Waals surface area (Å²) in [5.41, 5.74) is 0. The maximum absolute atomic E-state index is 11.2. The van der Waals surface area contributed by atoms with E-state index in [2.05, 4.69) is 10.6 Å². The average Bonchev–Trinajstić information content (AvgIpc) is 2.19. The number of piperidine rings is 2. The molecule has 2 aliphatic rings. The van der Waals surface area contributed by atoms with Crippen molar-refractivity contribution in [1.29, 1.82) is 0 Å². The van der Waals surface area contributed by atoms with Crippen molar-refractivity contribution in [2.75, 3.05) is 6.54 Å². The number of rotatable bonds is 1. The van der Waals surface area contributed by atoms with Gasteiger partial charge in [0.1, 0.15) is 0 Å². The molecule has 3 nitrogen and oxygen atoms in total. The lowest BCUT2D eigenvalue weighted by atomic mass is 9.92. The molecular weight excluding hydrogens is 164 g/mol. The molecule has 13 heavy (non-hydrogen) atoms. The van der Waals surface area contributed by atoms with Crippen molar-refractivity contribution < 1.29 is 4.79 Å². The van der Waals surface area contributed by atoms with E-state index in [-0.39, 0.29) is 5.91 Å². The second kappa shape index (κ2) is 4.09. The fourth-order valence-corrected chi connectivity index (χ4v) is 2.36. The molecule has 0 aromatic heterocycles. The minimum absolute atomic E-state index is 0.239. The van der Waals surface area contributed by atoms with E-state index in [9.17, 15) is 4.79 Å². The van der Waals surface area contributed by atoms with E-state index >= 15 is 0 Å². The molecule has 2 fully saturated rings. The average molecular weight is 182 g/mol. The van der Waals surface area contributed by atoms with Gasteiger partial charge in [0.25, 0.3) is 0 Å². The van der Waals surface area contributed by atoms with Gasteiger partial charge in [0.15, 0.2) is 0 Å². The quantitative estimate of drug-likeness (QED) is 0.629. The Hall–Kier alpha value is -0.570. The van der Waals surface area contributed by atoms with Crippen LogP contribution in [0, 0.1) is 0 Å². The summed E-state index contributed by atoms with van der Waals surface area (Å²) >= 11 is 0.